The highest BCUT2D eigenvalue weighted by molar-refractivity contribution is 7.89. The second kappa shape index (κ2) is 8.51. The van der Waals surface area contributed by atoms with Crippen molar-refractivity contribution in [1.29, 1.82) is 0 Å². The van der Waals surface area contributed by atoms with Crippen LogP contribution in [0.5, 0.6) is 0 Å². The highest BCUT2D eigenvalue weighted by Crippen LogP contribution is 2.20. The molecule has 0 spiro atoms. The second-order valence-corrected chi connectivity index (χ2v) is 7.26. The summed E-state index contributed by atoms with van der Waals surface area (Å²) in [5.41, 5.74) is 0. The van der Waals surface area contributed by atoms with E-state index in [4.69, 9.17) is 9.47 Å². The number of sulfonamides is 1. The van der Waals surface area contributed by atoms with Crippen molar-refractivity contribution >= 4 is 22.4 Å². The number of rotatable bonds is 5. The smallest absolute Gasteiger partial charge is 0.216 e. The van der Waals surface area contributed by atoms with Gasteiger partial charge < -0.3 is 14.8 Å². The molecule has 0 aromatic carbocycles. The summed E-state index contributed by atoms with van der Waals surface area (Å²) in [6.07, 6.45) is 1.55. The first-order valence-corrected chi connectivity index (χ1v) is 8.54. The van der Waals surface area contributed by atoms with Gasteiger partial charge in [-0.05, 0) is 32.4 Å². The molecular formula is C12H25ClN2O4S. The van der Waals surface area contributed by atoms with Crippen molar-refractivity contribution in [1.82, 2.24) is 9.62 Å². The van der Waals surface area contributed by atoms with Gasteiger partial charge in [-0.25, -0.2) is 12.7 Å². The summed E-state index contributed by atoms with van der Waals surface area (Å²) in [4.78, 5) is 0. The Morgan fingerprint density at radius 2 is 1.95 bits per heavy atom. The zero-order valence-corrected chi connectivity index (χ0v) is 13.5. The lowest BCUT2D eigenvalue weighted by molar-refractivity contribution is -0.0785. The summed E-state index contributed by atoms with van der Waals surface area (Å²) >= 11 is 0. The zero-order chi connectivity index (χ0) is 13.7. The van der Waals surface area contributed by atoms with E-state index in [2.05, 4.69) is 5.32 Å². The molecule has 2 heterocycles. The minimum atomic E-state index is -3.21. The minimum absolute atomic E-state index is 0. The Balaban J connectivity index is 0.00000200. The van der Waals surface area contributed by atoms with Crippen molar-refractivity contribution in [2.45, 2.75) is 18.9 Å². The molecule has 0 saturated carbocycles. The Labute approximate surface area is 127 Å². The SMILES string of the molecule is CNCC1CCN(S(=O)(=O)CC2COCCO2)CC1.Cl. The number of nitrogens with one attached hydrogen (secondary N) is 1. The average Bonchev–Trinajstić information content (AvgIpc) is 2.40. The van der Waals surface area contributed by atoms with Crippen LogP contribution in [0.1, 0.15) is 12.8 Å². The first-order valence-electron chi connectivity index (χ1n) is 6.93. The molecule has 2 aliphatic heterocycles. The van der Waals surface area contributed by atoms with Crippen LogP contribution < -0.4 is 5.32 Å². The van der Waals surface area contributed by atoms with Crippen LogP contribution in [0.25, 0.3) is 0 Å². The van der Waals surface area contributed by atoms with Gasteiger partial charge in [-0.15, -0.1) is 12.4 Å². The molecule has 8 heteroatoms. The van der Waals surface area contributed by atoms with Gasteiger partial charge in [0.1, 0.15) is 0 Å². The number of ether oxygens (including phenoxy) is 2. The van der Waals surface area contributed by atoms with Crippen LogP contribution in [-0.2, 0) is 19.5 Å². The molecule has 0 bridgehead atoms. The van der Waals surface area contributed by atoms with E-state index in [9.17, 15) is 8.42 Å². The normalized spacial score (nSPS) is 26.1. The van der Waals surface area contributed by atoms with Crippen LogP contribution in [0, 0.1) is 5.92 Å². The van der Waals surface area contributed by atoms with Gasteiger partial charge in [0.05, 0.1) is 31.7 Å². The molecule has 2 aliphatic rings. The fraction of sp³-hybridized carbons (Fsp3) is 1.00. The van der Waals surface area contributed by atoms with Crippen molar-refractivity contribution in [3.05, 3.63) is 0 Å². The maximum atomic E-state index is 12.3. The monoisotopic (exact) mass is 328 g/mol. The fourth-order valence-corrected chi connectivity index (χ4v) is 4.29. The second-order valence-electron chi connectivity index (χ2n) is 5.25. The van der Waals surface area contributed by atoms with Crippen LogP contribution in [0.3, 0.4) is 0 Å². The summed E-state index contributed by atoms with van der Waals surface area (Å²) in [5, 5.41) is 3.15. The van der Waals surface area contributed by atoms with E-state index in [-0.39, 0.29) is 24.3 Å². The number of hydrogen-bond donors (Lipinski definition) is 1. The van der Waals surface area contributed by atoms with Crippen LogP contribution in [0.2, 0.25) is 0 Å². The van der Waals surface area contributed by atoms with E-state index in [1.54, 1.807) is 4.31 Å². The van der Waals surface area contributed by atoms with Gasteiger partial charge in [-0.3, -0.25) is 0 Å². The Kier molecular flexibility index (Phi) is 7.71. The summed E-state index contributed by atoms with van der Waals surface area (Å²) in [6, 6.07) is 0. The van der Waals surface area contributed by atoms with E-state index < -0.39 is 10.0 Å². The molecule has 0 aromatic rings. The van der Waals surface area contributed by atoms with Crippen LogP contribution in [-0.4, -0.2) is 71.1 Å². The Hall–Kier alpha value is 0.0800. The molecule has 6 nitrogen and oxygen atoms in total. The average molecular weight is 329 g/mol. The molecule has 120 valence electrons. The van der Waals surface area contributed by atoms with Crippen LogP contribution in [0.4, 0.5) is 0 Å². The van der Waals surface area contributed by atoms with Gasteiger partial charge in [0.15, 0.2) is 0 Å². The number of piperidine rings is 1. The lowest BCUT2D eigenvalue weighted by Crippen LogP contribution is -2.45. The molecule has 0 radical (unpaired) electrons. The summed E-state index contributed by atoms with van der Waals surface area (Å²) in [7, 11) is -1.28. The first kappa shape index (κ1) is 18.1. The van der Waals surface area contributed by atoms with Crippen LogP contribution >= 0.6 is 12.4 Å². The Bertz CT molecular complexity index is 366. The zero-order valence-electron chi connectivity index (χ0n) is 11.9. The third-order valence-corrected chi connectivity index (χ3v) is 5.69. The highest BCUT2D eigenvalue weighted by Gasteiger charge is 2.31. The van der Waals surface area contributed by atoms with Gasteiger partial charge in [-0.1, -0.05) is 0 Å². The summed E-state index contributed by atoms with van der Waals surface area (Å²) < 4.78 is 36.9. The van der Waals surface area contributed by atoms with Crippen molar-refractivity contribution in [3.8, 4) is 0 Å². The van der Waals surface area contributed by atoms with Gasteiger partial charge in [0, 0.05) is 13.1 Å². The molecule has 2 fully saturated rings. The van der Waals surface area contributed by atoms with Gasteiger partial charge >= 0.3 is 0 Å². The summed E-state index contributed by atoms with van der Waals surface area (Å²) in [6.45, 7) is 3.66. The maximum absolute atomic E-state index is 12.3. The molecular weight excluding hydrogens is 304 g/mol. The molecule has 2 saturated heterocycles. The lowest BCUT2D eigenvalue weighted by atomic mass is 9.98. The topological polar surface area (TPSA) is 67.9 Å². The molecule has 0 aliphatic carbocycles. The lowest BCUT2D eigenvalue weighted by Gasteiger charge is -2.32. The quantitative estimate of drug-likeness (QED) is 0.774. The largest absolute Gasteiger partial charge is 0.376 e. The fourth-order valence-electron chi connectivity index (χ4n) is 2.65. The van der Waals surface area contributed by atoms with Crippen molar-refractivity contribution < 1.29 is 17.9 Å². The van der Waals surface area contributed by atoms with E-state index in [0.29, 0.717) is 38.8 Å². The standard InChI is InChI=1S/C12H24N2O4S.ClH/c1-13-8-11-2-4-14(5-3-11)19(15,16)10-12-9-17-6-7-18-12;/h11-13H,2-10H2,1H3;1H. The Morgan fingerprint density at radius 1 is 1.25 bits per heavy atom. The molecule has 1 unspecified atom stereocenters. The van der Waals surface area contributed by atoms with Crippen molar-refractivity contribution in [2.24, 2.45) is 5.92 Å². The van der Waals surface area contributed by atoms with E-state index in [0.717, 1.165) is 19.4 Å². The first-order chi connectivity index (χ1) is 9.12. The van der Waals surface area contributed by atoms with Crippen molar-refractivity contribution in [3.63, 3.8) is 0 Å². The third kappa shape index (κ3) is 5.13. The molecule has 0 aromatic heterocycles. The Morgan fingerprint density at radius 3 is 2.50 bits per heavy atom. The van der Waals surface area contributed by atoms with Gasteiger partial charge in [0.2, 0.25) is 10.0 Å². The number of hydrogen-bond acceptors (Lipinski definition) is 5. The minimum Gasteiger partial charge on any atom is -0.376 e. The number of nitrogens with zero attached hydrogens (tertiary/aromatic N) is 1. The molecule has 0 amide bonds. The predicted molar refractivity (Wildman–Crippen MR) is 79.8 cm³/mol. The van der Waals surface area contributed by atoms with E-state index in [1.807, 2.05) is 7.05 Å². The predicted octanol–water partition coefficient (Wildman–Crippen LogP) is 0.0848. The molecule has 1 N–H and O–H groups in total. The molecule has 1 atom stereocenters. The number of halogens is 1. The van der Waals surface area contributed by atoms with Crippen LogP contribution in [0.15, 0.2) is 0 Å². The maximum Gasteiger partial charge on any atom is 0.216 e. The van der Waals surface area contributed by atoms with Crippen molar-refractivity contribution in [2.75, 3.05) is 52.3 Å². The van der Waals surface area contributed by atoms with Gasteiger partial charge in [0.25, 0.3) is 0 Å². The third-order valence-electron chi connectivity index (χ3n) is 3.74. The van der Waals surface area contributed by atoms with E-state index >= 15 is 0 Å². The van der Waals surface area contributed by atoms with Gasteiger partial charge in [-0.2, -0.15) is 0 Å². The highest BCUT2D eigenvalue weighted by atomic mass is 35.5. The summed E-state index contributed by atoms with van der Waals surface area (Å²) in [5.74, 6) is 0.634. The van der Waals surface area contributed by atoms with E-state index in [1.165, 1.54) is 0 Å². The molecule has 20 heavy (non-hydrogen) atoms. The molecule has 2 rings (SSSR count).